The van der Waals surface area contributed by atoms with Crippen LogP contribution in [0.25, 0.3) is 0 Å². The van der Waals surface area contributed by atoms with E-state index in [-0.39, 0.29) is 11.3 Å². The summed E-state index contributed by atoms with van der Waals surface area (Å²) in [6, 6.07) is 22.7. The molecule has 0 aliphatic carbocycles. The molecule has 0 radical (unpaired) electrons. The largest absolute Gasteiger partial charge is 0.302 e. The molecule has 3 heteroatoms. The summed E-state index contributed by atoms with van der Waals surface area (Å²) in [5.41, 5.74) is 4.16. The lowest BCUT2D eigenvalue weighted by molar-refractivity contribution is 0.0948. The lowest BCUT2D eigenvalue weighted by Crippen LogP contribution is -2.55. The van der Waals surface area contributed by atoms with Crippen LogP contribution >= 0.6 is 0 Å². The molecule has 1 amide bonds. The first kappa shape index (κ1) is 19.4. The average molecular weight is 387 g/mol. The van der Waals surface area contributed by atoms with Gasteiger partial charge < -0.3 is 4.90 Å². The minimum atomic E-state index is -0.447. The predicted molar refractivity (Wildman–Crippen MR) is 116 cm³/mol. The topological polar surface area (TPSA) is 20.3 Å². The number of carbonyl (C=O) groups excluding carboxylic acids is 1. The van der Waals surface area contributed by atoms with Gasteiger partial charge in [0, 0.05) is 22.2 Å². The first-order valence-electron chi connectivity index (χ1n) is 9.99. The average Bonchev–Trinajstić information content (AvgIpc) is 2.67. The Morgan fingerprint density at radius 3 is 2.31 bits per heavy atom. The summed E-state index contributed by atoms with van der Waals surface area (Å²) < 4.78 is 13.8. The van der Waals surface area contributed by atoms with Gasteiger partial charge in [0.15, 0.2) is 0 Å². The Balaban J connectivity index is 1.88. The van der Waals surface area contributed by atoms with E-state index in [9.17, 15) is 9.18 Å². The molecule has 1 aliphatic rings. The van der Waals surface area contributed by atoms with Gasteiger partial charge in [-0.2, -0.15) is 0 Å². The fraction of sp³-hybridized carbons (Fsp3) is 0.269. The Morgan fingerprint density at radius 1 is 0.931 bits per heavy atom. The number of halogens is 1. The van der Waals surface area contributed by atoms with E-state index in [0.717, 1.165) is 17.7 Å². The van der Waals surface area contributed by atoms with Gasteiger partial charge in [-0.3, -0.25) is 4.79 Å². The number of fused-ring (bicyclic) bond motifs is 1. The number of hydrogen-bond acceptors (Lipinski definition) is 1. The predicted octanol–water partition coefficient (Wildman–Crippen LogP) is 6.27. The molecule has 0 unspecified atom stereocenters. The Bertz CT molecular complexity index is 1070. The van der Waals surface area contributed by atoms with Crippen LogP contribution in [0, 0.1) is 12.7 Å². The number of hydrogen-bond donors (Lipinski definition) is 0. The fourth-order valence-corrected chi connectivity index (χ4v) is 4.81. The number of amides is 1. The maximum absolute atomic E-state index is 13.8. The summed E-state index contributed by atoms with van der Waals surface area (Å²) in [7, 11) is 0. The van der Waals surface area contributed by atoms with Crippen LogP contribution in [0.15, 0.2) is 72.8 Å². The zero-order valence-corrected chi connectivity index (χ0v) is 17.4. The molecule has 0 fully saturated rings. The number of benzene rings is 3. The number of para-hydroxylation sites is 1. The molecule has 0 saturated carbocycles. The van der Waals surface area contributed by atoms with Gasteiger partial charge in [0.2, 0.25) is 0 Å². The second-order valence-electron chi connectivity index (χ2n) is 8.86. The lowest BCUT2D eigenvalue weighted by Gasteiger charge is -2.51. The number of rotatable bonds is 2. The van der Waals surface area contributed by atoms with E-state index in [0.29, 0.717) is 5.56 Å². The van der Waals surface area contributed by atoms with Gasteiger partial charge in [0.1, 0.15) is 5.82 Å². The van der Waals surface area contributed by atoms with Crippen molar-refractivity contribution in [2.24, 2.45) is 0 Å². The normalized spacial score (nSPS) is 20.2. The van der Waals surface area contributed by atoms with Gasteiger partial charge in [-0.25, -0.2) is 4.39 Å². The first-order chi connectivity index (χ1) is 13.7. The molecule has 0 saturated heterocycles. The molecule has 0 N–H and O–H groups in total. The second-order valence-corrected chi connectivity index (χ2v) is 8.86. The lowest BCUT2D eigenvalue weighted by atomic mass is 9.65. The first-order valence-corrected chi connectivity index (χ1v) is 9.99. The van der Waals surface area contributed by atoms with Gasteiger partial charge >= 0.3 is 0 Å². The monoisotopic (exact) mass is 387 g/mol. The molecule has 0 bridgehead atoms. The molecule has 29 heavy (non-hydrogen) atoms. The molecular weight excluding hydrogens is 361 g/mol. The zero-order chi connectivity index (χ0) is 20.8. The molecule has 2 nitrogen and oxygen atoms in total. The highest BCUT2D eigenvalue weighted by molar-refractivity contribution is 6.08. The highest BCUT2D eigenvalue weighted by Gasteiger charge is 2.47. The van der Waals surface area contributed by atoms with Crippen molar-refractivity contribution >= 4 is 11.6 Å². The van der Waals surface area contributed by atoms with E-state index >= 15 is 0 Å². The summed E-state index contributed by atoms with van der Waals surface area (Å²) in [6.45, 7) is 8.52. The standard InChI is InChI=1S/C26H26FNO/c1-18-12-14-20(15-13-18)26(4)17-25(2,3)28(23-11-6-5-10-22(23)26)24(29)19-8-7-9-21(27)16-19/h5-16H,17H2,1-4H3/t26-/m0/s1. The maximum atomic E-state index is 13.8. The molecule has 1 heterocycles. The molecule has 3 aromatic rings. The van der Waals surface area contributed by atoms with E-state index in [4.69, 9.17) is 0 Å². The third-order valence-corrected chi connectivity index (χ3v) is 6.09. The Labute approximate surface area is 172 Å². The van der Waals surface area contributed by atoms with E-state index in [1.807, 2.05) is 23.1 Å². The summed E-state index contributed by atoms with van der Waals surface area (Å²) in [5.74, 6) is -0.573. The van der Waals surface area contributed by atoms with Crippen molar-refractivity contribution in [1.29, 1.82) is 0 Å². The van der Waals surface area contributed by atoms with Gasteiger partial charge in [-0.15, -0.1) is 0 Å². The minimum Gasteiger partial charge on any atom is -0.302 e. The van der Waals surface area contributed by atoms with Crippen molar-refractivity contribution in [3.05, 3.63) is 101 Å². The van der Waals surface area contributed by atoms with Crippen LogP contribution in [0.3, 0.4) is 0 Å². The van der Waals surface area contributed by atoms with Crippen LogP contribution in [0.2, 0.25) is 0 Å². The molecule has 148 valence electrons. The quantitative estimate of drug-likeness (QED) is 0.507. The summed E-state index contributed by atoms with van der Waals surface area (Å²) >= 11 is 0. The van der Waals surface area contributed by atoms with E-state index in [1.165, 1.54) is 23.3 Å². The van der Waals surface area contributed by atoms with Gasteiger partial charge in [-0.05, 0) is 62.6 Å². The molecule has 0 aromatic heterocycles. The Kier molecular flexibility index (Phi) is 4.57. The van der Waals surface area contributed by atoms with Crippen molar-refractivity contribution in [2.45, 2.75) is 45.1 Å². The molecule has 0 spiro atoms. The van der Waals surface area contributed by atoms with Crippen LogP contribution in [0.5, 0.6) is 0 Å². The van der Waals surface area contributed by atoms with E-state index < -0.39 is 11.4 Å². The Hall–Kier alpha value is -2.94. The van der Waals surface area contributed by atoms with Crippen molar-refractivity contribution in [3.8, 4) is 0 Å². The SMILES string of the molecule is Cc1ccc([C@]2(C)CC(C)(C)N(C(=O)c3cccc(F)c3)c3ccccc32)cc1. The third-order valence-electron chi connectivity index (χ3n) is 6.09. The highest BCUT2D eigenvalue weighted by Crippen LogP contribution is 2.50. The molecule has 1 atom stereocenters. The summed E-state index contributed by atoms with van der Waals surface area (Å²) in [4.78, 5) is 15.3. The highest BCUT2D eigenvalue weighted by atomic mass is 19.1. The van der Waals surface area contributed by atoms with Crippen LogP contribution in [-0.2, 0) is 5.41 Å². The van der Waals surface area contributed by atoms with Crippen molar-refractivity contribution in [3.63, 3.8) is 0 Å². The van der Waals surface area contributed by atoms with Crippen LogP contribution in [-0.4, -0.2) is 11.4 Å². The number of anilines is 1. The zero-order valence-electron chi connectivity index (χ0n) is 17.4. The van der Waals surface area contributed by atoms with Gasteiger partial charge in [-0.1, -0.05) is 61.0 Å². The summed E-state index contributed by atoms with van der Waals surface area (Å²) in [5, 5.41) is 0. The smallest absolute Gasteiger partial charge is 0.258 e. The van der Waals surface area contributed by atoms with Gasteiger partial charge in [0.05, 0.1) is 0 Å². The van der Waals surface area contributed by atoms with E-state index in [1.54, 1.807) is 12.1 Å². The second kappa shape index (κ2) is 6.84. The van der Waals surface area contributed by atoms with E-state index in [2.05, 4.69) is 58.0 Å². The van der Waals surface area contributed by atoms with Crippen LogP contribution in [0.4, 0.5) is 10.1 Å². The number of nitrogens with zero attached hydrogens (tertiary/aromatic N) is 1. The van der Waals surface area contributed by atoms with Crippen LogP contribution in [0.1, 0.15) is 54.2 Å². The number of aryl methyl sites for hydroxylation is 1. The molecular formula is C26H26FNO. The van der Waals surface area contributed by atoms with Crippen molar-refractivity contribution in [2.75, 3.05) is 4.90 Å². The third kappa shape index (κ3) is 3.25. The van der Waals surface area contributed by atoms with Crippen molar-refractivity contribution < 1.29 is 9.18 Å². The van der Waals surface area contributed by atoms with Crippen molar-refractivity contribution in [1.82, 2.24) is 0 Å². The summed E-state index contributed by atoms with van der Waals surface area (Å²) in [6.07, 6.45) is 0.765. The number of carbonyl (C=O) groups is 1. The van der Waals surface area contributed by atoms with Crippen LogP contribution < -0.4 is 4.90 Å². The molecule has 1 aliphatic heterocycles. The molecule has 3 aromatic carbocycles. The fourth-order valence-electron chi connectivity index (χ4n) is 4.81. The molecule has 4 rings (SSSR count). The minimum absolute atomic E-state index is 0.173. The Morgan fingerprint density at radius 2 is 1.62 bits per heavy atom. The van der Waals surface area contributed by atoms with Gasteiger partial charge in [0.25, 0.3) is 5.91 Å². The maximum Gasteiger partial charge on any atom is 0.258 e.